The van der Waals surface area contributed by atoms with Gasteiger partial charge < -0.3 is 4.74 Å². The zero-order valence-electron chi connectivity index (χ0n) is 10.1. The third-order valence-electron chi connectivity index (χ3n) is 2.76. The van der Waals surface area contributed by atoms with Gasteiger partial charge in [-0.25, -0.2) is 9.18 Å². The summed E-state index contributed by atoms with van der Waals surface area (Å²) in [6.07, 6.45) is 3.36. The number of rotatable bonds is 3. The van der Waals surface area contributed by atoms with Crippen LogP contribution in [0.3, 0.4) is 0 Å². The number of allylic oxidation sites excluding steroid dienone is 3. The van der Waals surface area contributed by atoms with Gasteiger partial charge in [0.2, 0.25) is 0 Å². The van der Waals surface area contributed by atoms with Crippen LogP contribution in [0.1, 0.15) is 16.8 Å². The van der Waals surface area contributed by atoms with E-state index in [1.54, 1.807) is 12.1 Å². The number of hydrogen-bond acceptors (Lipinski definition) is 3. The molecule has 0 fully saturated rings. The summed E-state index contributed by atoms with van der Waals surface area (Å²) in [7, 11) is 1.28. The van der Waals surface area contributed by atoms with Crippen molar-refractivity contribution in [3.63, 3.8) is 0 Å². The first-order valence-electron chi connectivity index (χ1n) is 5.51. The molecule has 0 amide bonds. The van der Waals surface area contributed by atoms with E-state index >= 15 is 0 Å². The Bertz CT molecular complexity index is 617. The highest BCUT2D eigenvalue weighted by Crippen LogP contribution is 2.24. The number of hydrogen-bond donors (Lipinski definition) is 0. The molecule has 0 heterocycles. The minimum atomic E-state index is -0.597. The molecule has 0 aliphatic heterocycles. The van der Waals surface area contributed by atoms with Gasteiger partial charge in [0.25, 0.3) is 0 Å². The predicted molar refractivity (Wildman–Crippen MR) is 71.2 cm³/mol. The van der Waals surface area contributed by atoms with E-state index in [-0.39, 0.29) is 5.56 Å². The van der Waals surface area contributed by atoms with Crippen LogP contribution in [0.25, 0.3) is 0 Å². The number of Topliss-reactive ketones (excluding diaryl/α,β-unsaturated/α-hetero) is 1. The summed E-state index contributed by atoms with van der Waals surface area (Å²) in [6, 6.07) is 4.23. The lowest BCUT2D eigenvalue weighted by Crippen LogP contribution is -2.05. The Morgan fingerprint density at radius 3 is 2.74 bits per heavy atom. The normalized spacial score (nSPS) is 13.8. The maximum atomic E-state index is 13.7. The molecule has 0 bridgehead atoms. The van der Waals surface area contributed by atoms with Crippen LogP contribution >= 0.6 is 15.9 Å². The molecule has 3 nitrogen and oxygen atoms in total. The zero-order chi connectivity index (χ0) is 14.0. The van der Waals surface area contributed by atoms with Crippen LogP contribution in [0.2, 0.25) is 0 Å². The Balaban J connectivity index is 2.27. The van der Waals surface area contributed by atoms with Gasteiger partial charge in [-0.2, -0.15) is 0 Å². The van der Waals surface area contributed by atoms with E-state index in [9.17, 15) is 14.0 Å². The quantitative estimate of drug-likeness (QED) is 0.633. The lowest BCUT2D eigenvalue weighted by Gasteiger charge is -2.02. The largest absolute Gasteiger partial charge is 0.466 e. The summed E-state index contributed by atoms with van der Waals surface area (Å²) in [5.41, 5.74) is 0.682. The van der Waals surface area contributed by atoms with Crippen molar-refractivity contribution in [3.8, 4) is 0 Å². The Morgan fingerprint density at radius 1 is 1.37 bits per heavy atom. The first-order valence-corrected chi connectivity index (χ1v) is 6.31. The molecule has 0 radical (unpaired) electrons. The number of methoxy groups -OCH3 is 1. The molecule has 0 saturated carbocycles. The van der Waals surface area contributed by atoms with E-state index in [2.05, 4.69) is 20.7 Å². The number of carbonyl (C=O) groups is 2. The Labute approximate surface area is 117 Å². The third-order valence-corrected chi connectivity index (χ3v) is 3.25. The Kier molecular flexibility index (Phi) is 3.95. The number of benzene rings is 1. The molecule has 0 aromatic heterocycles. The highest BCUT2D eigenvalue weighted by atomic mass is 79.9. The van der Waals surface area contributed by atoms with E-state index < -0.39 is 17.6 Å². The van der Waals surface area contributed by atoms with Crippen LogP contribution in [-0.2, 0) is 9.53 Å². The first kappa shape index (κ1) is 13.7. The molecule has 19 heavy (non-hydrogen) atoms. The van der Waals surface area contributed by atoms with Crippen molar-refractivity contribution in [3.05, 3.63) is 57.4 Å². The van der Waals surface area contributed by atoms with Gasteiger partial charge in [0, 0.05) is 15.6 Å². The zero-order valence-corrected chi connectivity index (χ0v) is 11.7. The summed E-state index contributed by atoms with van der Waals surface area (Å²) in [5.74, 6) is -1.51. The predicted octanol–water partition coefficient (Wildman–Crippen LogP) is 3.20. The van der Waals surface area contributed by atoms with Gasteiger partial charge in [-0.3, -0.25) is 4.79 Å². The van der Waals surface area contributed by atoms with Crippen LogP contribution in [0, 0.1) is 5.82 Å². The van der Waals surface area contributed by atoms with Gasteiger partial charge >= 0.3 is 5.97 Å². The second kappa shape index (κ2) is 5.48. The van der Waals surface area contributed by atoms with Gasteiger partial charge in [0.15, 0.2) is 5.78 Å². The fourth-order valence-corrected chi connectivity index (χ4v) is 2.12. The minimum Gasteiger partial charge on any atom is -0.466 e. The molecule has 98 valence electrons. The van der Waals surface area contributed by atoms with Gasteiger partial charge in [0.1, 0.15) is 5.82 Å². The smallest absolute Gasteiger partial charge is 0.334 e. The van der Waals surface area contributed by atoms with Crippen molar-refractivity contribution in [1.82, 2.24) is 0 Å². The molecule has 1 aliphatic carbocycles. The van der Waals surface area contributed by atoms with Crippen molar-refractivity contribution in [2.75, 3.05) is 7.11 Å². The fourth-order valence-electron chi connectivity index (χ4n) is 1.79. The average Bonchev–Trinajstić information content (AvgIpc) is 2.86. The minimum absolute atomic E-state index is 0.0168. The molecule has 0 N–H and O–H groups in total. The molecule has 0 spiro atoms. The highest BCUT2D eigenvalue weighted by Gasteiger charge is 2.21. The summed E-state index contributed by atoms with van der Waals surface area (Å²) in [4.78, 5) is 23.4. The maximum absolute atomic E-state index is 13.7. The van der Waals surface area contributed by atoms with Crippen LogP contribution in [0.15, 0.2) is 46.0 Å². The van der Waals surface area contributed by atoms with Crippen molar-refractivity contribution in [2.45, 2.75) is 6.42 Å². The number of ether oxygens (including phenoxy) is 1. The fraction of sp³-hybridized carbons (Fsp3) is 0.143. The van der Waals surface area contributed by atoms with Crippen LogP contribution < -0.4 is 0 Å². The monoisotopic (exact) mass is 324 g/mol. The summed E-state index contributed by atoms with van der Waals surface area (Å²) in [6.45, 7) is 0. The summed E-state index contributed by atoms with van der Waals surface area (Å²) >= 11 is 3.13. The van der Waals surface area contributed by atoms with Crippen LogP contribution in [0.4, 0.5) is 4.39 Å². The highest BCUT2D eigenvalue weighted by molar-refractivity contribution is 9.10. The van der Waals surface area contributed by atoms with E-state index in [1.165, 1.54) is 25.3 Å². The molecule has 0 unspecified atom stereocenters. The lowest BCUT2D eigenvalue weighted by molar-refractivity contribution is -0.136. The molecular weight excluding hydrogens is 315 g/mol. The Hall–Kier alpha value is -1.75. The van der Waals surface area contributed by atoms with Gasteiger partial charge in [0.05, 0.1) is 12.7 Å². The lowest BCUT2D eigenvalue weighted by atomic mass is 10.0. The molecule has 1 aromatic rings. The summed E-state index contributed by atoms with van der Waals surface area (Å²) < 4.78 is 18.8. The summed E-state index contributed by atoms with van der Waals surface area (Å²) in [5, 5.41) is 0. The average molecular weight is 325 g/mol. The van der Waals surface area contributed by atoms with Crippen molar-refractivity contribution >= 4 is 27.7 Å². The standard InChI is InChI=1S/C14H10BrFO3/c1-19-14(18)9-3-2-8(6-9)13(17)11-5-4-10(15)7-12(11)16/h2,4-7H,3H2,1H3. The van der Waals surface area contributed by atoms with Crippen LogP contribution in [-0.4, -0.2) is 18.9 Å². The molecule has 0 atom stereocenters. The SMILES string of the molecule is COC(=O)C1=CC(C(=O)c2ccc(Br)cc2F)=CC1. The van der Waals surface area contributed by atoms with E-state index in [0.29, 0.717) is 22.0 Å². The molecule has 0 saturated heterocycles. The van der Waals surface area contributed by atoms with Gasteiger partial charge in [-0.15, -0.1) is 0 Å². The van der Waals surface area contributed by atoms with Crippen molar-refractivity contribution in [2.24, 2.45) is 0 Å². The van der Waals surface area contributed by atoms with Gasteiger partial charge in [-0.1, -0.05) is 22.0 Å². The van der Waals surface area contributed by atoms with E-state index in [1.807, 2.05) is 0 Å². The van der Waals surface area contributed by atoms with Crippen molar-refractivity contribution < 1.29 is 18.7 Å². The van der Waals surface area contributed by atoms with E-state index in [4.69, 9.17) is 0 Å². The van der Waals surface area contributed by atoms with Gasteiger partial charge in [-0.05, 0) is 30.7 Å². The second-order valence-electron chi connectivity index (χ2n) is 3.98. The van der Waals surface area contributed by atoms with Crippen LogP contribution in [0.5, 0.6) is 0 Å². The maximum Gasteiger partial charge on any atom is 0.334 e. The topological polar surface area (TPSA) is 43.4 Å². The first-order chi connectivity index (χ1) is 9.02. The number of halogens is 2. The number of carbonyl (C=O) groups excluding carboxylic acids is 2. The molecule has 5 heteroatoms. The number of esters is 1. The number of ketones is 1. The molecular formula is C14H10BrFO3. The molecule has 1 aliphatic rings. The van der Waals surface area contributed by atoms with Crippen molar-refractivity contribution in [1.29, 1.82) is 0 Å². The molecule has 1 aromatic carbocycles. The van der Waals surface area contributed by atoms with E-state index in [0.717, 1.165) is 0 Å². The molecule has 2 rings (SSSR count). The second-order valence-corrected chi connectivity index (χ2v) is 4.89. The Morgan fingerprint density at radius 2 is 2.11 bits per heavy atom. The third kappa shape index (κ3) is 2.81.